The molecule has 5 nitrogen and oxygen atoms in total. The maximum atomic E-state index is 12.3. The summed E-state index contributed by atoms with van der Waals surface area (Å²) in [6.45, 7) is 2.66. The highest BCUT2D eigenvalue weighted by molar-refractivity contribution is 6.31. The molecule has 1 heterocycles. The van der Waals surface area contributed by atoms with Crippen molar-refractivity contribution in [2.24, 2.45) is 7.05 Å². The molecule has 0 unspecified atom stereocenters. The van der Waals surface area contributed by atoms with E-state index in [-0.39, 0.29) is 5.91 Å². The number of aromatic nitrogens is 2. The van der Waals surface area contributed by atoms with Crippen LogP contribution < -0.4 is 10.1 Å². The molecule has 2 aromatic carbocycles. The van der Waals surface area contributed by atoms with Gasteiger partial charge in [0.05, 0.1) is 23.5 Å². The third kappa shape index (κ3) is 4.81. The first-order chi connectivity index (χ1) is 12.9. The number of carbonyl (C=O) groups is 1. The molecule has 1 aromatic heterocycles. The highest BCUT2D eigenvalue weighted by atomic mass is 35.5. The van der Waals surface area contributed by atoms with Crippen LogP contribution in [0, 0.1) is 6.92 Å². The van der Waals surface area contributed by atoms with E-state index >= 15 is 0 Å². The second-order valence-electron chi connectivity index (χ2n) is 6.14. The topological polar surface area (TPSA) is 56.1 Å². The van der Waals surface area contributed by atoms with Gasteiger partial charge in [-0.25, -0.2) is 0 Å². The fourth-order valence-corrected chi connectivity index (χ4v) is 2.88. The Hall–Kier alpha value is -2.50. The van der Waals surface area contributed by atoms with E-state index in [0.717, 1.165) is 22.6 Å². The van der Waals surface area contributed by atoms with E-state index in [9.17, 15) is 4.79 Å². The van der Waals surface area contributed by atoms with Gasteiger partial charge in [-0.3, -0.25) is 9.48 Å². The normalized spacial score (nSPS) is 10.7. The summed E-state index contributed by atoms with van der Waals surface area (Å²) in [4.78, 5) is 12.3. The zero-order valence-electron chi connectivity index (χ0n) is 15.0. The number of hydrogen-bond donors (Lipinski definition) is 1. The van der Waals surface area contributed by atoms with E-state index in [1.807, 2.05) is 37.3 Å². The van der Waals surface area contributed by atoms with E-state index in [4.69, 9.17) is 27.9 Å². The molecular formula is C20H19Cl2N3O2. The van der Waals surface area contributed by atoms with Crippen LogP contribution in [0.3, 0.4) is 0 Å². The Kier molecular flexibility index (Phi) is 6.04. The lowest BCUT2D eigenvalue weighted by Gasteiger charge is -2.09. The molecule has 0 aliphatic heterocycles. The number of hydrogen-bond acceptors (Lipinski definition) is 3. The van der Waals surface area contributed by atoms with Gasteiger partial charge in [0.1, 0.15) is 12.4 Å². The summed E-state index contributed by atoms with van der Waals surface area (Å²) >= 11 is 12.1. The summed E-state index contributed by atoms with van der Waals surface area (Å²) in [5.74, 6) is 0.583. The van der Waals surface area contributed by atoms with Gasteiger partial charge in [-0.15, -0.1) is 0 Å². The van der Waals surface area contributed by atoms with E-state index < -0.39 is 0 Å². The molecule has 3 rings (SSSR count). The van der Waals surface area contributed by atoms with Gasteiger partial charge in [0.25, 0.3) is 5.91 Å². The largest absolute Gasteiger partial charge is 0.489 e. The Balaban J connectivity index is 1.56. The average Bonchev–Trinajstić information content (AvgIpc) is 2.99. The Morgan fingerprint density at radius 3 is 2.52 bits per heavy atom. The molecule has 3 aromatic rings. The lowest BCUT2D eigenvalue weighted by Crippen LogP contribution is -2.24. The van der Waals surface area contributed by atoms with Gasteiger partial charge < -0.3 is 10.1 Å². The van der Waals surface area contributed by atoms with Crippen molar-refractivity contribution in [2.75, 3.05) is 0 Å². The van der Waals surface area contributed by atoms with Crippen molar-refractivity contribution in [3.63, 3.8) is 0 Å². The van der Waals surface area contributed by atoms with Gasteiger partial charge in [0, 0.05) is 17.6 Å². The van der Waals surface area contributed by atoms with Crippen molar-refractivity contribution in [1.82, 2.24) is 15.1 Å². The fraction of sp³-hybridized carbons (Fsp3) is 0.200. The summed E-state index contributed by atoms with van der Waals surface area (Å²) in [6, 6.07) is 12.8. The molecule has 1 N–H and O–H groups in total. The molecular weight excluding hydrogens is 385 g/mol. The van der Waals surface area contributed by atoms with Crippen molar-refractivity contribution >= 4 is 29.1 Å². The zero-order chi connectivity index (χ0) is 19.4. The molecule has 0 atom stereocenters. The van der Waals surface area contributed by atoms with Crippen molar-refractivity contribution in [3.8, 4) is 5.75 Å². The van der Waals surface area contributed by atoms with Crippen LogP contribution >= 0.6 is 23.2 Å². The minimum absolute atomic E-state index is 0.173. The summed E-state index contributed by atoms with van der Waals surface area (Å²) < 4.78 is 7.41. The van der Waals surface area contributed by atoms with E-state index in [1.165, 1.54) is 0 Å². The third-order valence-corrected chi connectivity index (χ3v) is 4.92. The SMILES string of the molecule is Cc1cc(OCc2ccc(C(=O)NCc3c(Cl)cnn3C)cc2)ccc1Cl. The Bertz CT molecular complexity index is 933. The van der Waals surface area contributed by atoms with Crippen LogP contribution in [0.1, 0.15) is 27.2 Å². The van der Waals surface area contributed by atoms with Crippen molar-refractivity contribution in [2.45, 2.75) is 20.1 Å². The van der Waals surface area contributed by atoms with Crippen LogP contribution in [0.4, 0.5) is 0 Å². The molecule has 0 fully saturated rings. The van der Waals surface area contributed by atoms with Crippen LogP contribution in [0.25, 0.3) is 0 Å². The van der Waals surface area contributed by atoms with Gasteiger partial charge in [-0.05, 0) is 48.4 Å². The maximum Gasteiger partial charge on any atom is 0.251 e. The Labute approximate surface area is 167 Å². The number of nitrogens with zero attached hydrogens (tertiary/aromatic N) is 2. The number of amides is 1. The Morgan fingerprint density at radius 2 is 1.89 bits per heavy atom. The van der Waals surface area contributed by atoms with Crippen molar-refractivity contribution < 1.29 is 9.53 Å². The number of aryl methyl sites for hydroxylation is 2. The Morgan fingerprint density at radius 1 is 1.15 bits per heavy atom. The summed E-state index contributed by atoms with van der Waals surface area (Å²) in [5, 5.41) is 8.13. The molecule has 0 aliphatic rings. The van der Waals surface area contributed by atoms with E-state index in [1.54, 1.807) is 30.1 Å². The second-order valence-corrected chi connectivity index (χ2v) is 6.96. The molecule has 140 valence electrons. The standard InChI is InChI=1S/C20H19Cl2N3O2/c1-13-9-16(7-8-17(13)21)27-12-14-3-5-15(6-4-14)20(26)23-11-19-18(22)10-24-25(19)2/h3-10H,11-12H2,1-2H3,(H,23,26). The molecule has 0 bridgehead atoms. The van der Waals surface area contributed by atoms with Crippen molar-refractivity contribution in [1.29, 1.82) is 0 Å². The number of carbonyl (C=O) groups excluding carboxylic acids is 1. The van der Waals surface area contributed by atoms with E-state index in [0.29, 0.717) is 28.8 Å². The van der Waals surface area contributed by atoms with Gasteiger partial charge in [0.2, 0.25) is 0 Å². The number of benzene rings is 2. The van der Waals surface area contributed by atoms with Gasteiger partial charge >= 0.3 is 0 Å². The lowest BCUT2D eigenvalue weighted by molar-refractivity contribution is 0.0950. The predicted molar refractivity (Wildman–Crippen MR) is 106 cm³/mol. The van der Waals surface area contributed by atoms with Crippen molar-refractivity contribution in [3.05, 3.63) is 81.1 Å². The molecule has 27 heavy (non-hydrogen) atoms. The molecule has 1 amide bonds. The first kappa shape index (κ1) is 19.3. The molecule has 0 saturated heterocycles. The lowest BCUT2D eigenvalue weighted by atomic mass is 10.1. The zero-order valence-corrected chi connectivity index (χ0v) is 16.5. The third-order valence-electron chi connectivity index (χ3n) is 4.18. The van der Waals surface area contributed by atoms with Crippen LogP contribution in [-0.2, 0) is 20.2 Å². The number of rotatable bonds is 6. The van der Waals surface area contributed by atoms with Crippen LogP contribution in [0.2, 0.25) is 10.0 Å². The molecule has 0 radical (unpaired) electrons. The van der Waals surface area contributed by atoms with Gasteiger partial charge in [0.15, 0.2) is 0 Å². The summed E-state index contributed by atoms with van der Waals surface area (Å²) in [5.41, 5.74) is 3.26. The minimum Gasteiger partial charge on any atom is -0.489 e. The monoisotopic (exact) mass is 403 g/mol. The molecule has 0 aliphatic carbocycles. The number of nitrogens with one attached hydrogen (secondary N) is 1. The number of halogens is 2. The second kappa shape index (κ2) is 8.46. The summed E-state index contributed by atoms with van der Waals surface area (Å²) in [7, 11) is 1.78. The predicted octanol–water partition coefficient (Wildman–Crippen LogP) is 4.54. The average molecular weight is 404 g/mol. The van der Waals surface area contributed by atoms with Crippen LogP contribution in [-0.4, -0.2) is 15.7 Å². The van der Waals surface area contributed by atoms with E-state index in [2.05, 4.69) is 10.4 Å². The minimum atomic E-state index is -0.173. The quantitative estimate of drug-likeness (QED) is 0.656. The molecule has 7 heteroatoms. The first-order valence-corrected chi connectivity index (χ1v) is 9.12. The van der Waals surface area contributed by atoms with Gasteiger partial charge in [-0.1, -0.05) is 35.3 Å². The highest BCUT2D eigenvalue weighted by Gasteiger charge is 2.10. The van der Waals surface area contributed by atoms with Gasteiger partial charge in [-0.2, -0.15) is 5.10 Å². The smallest absolute Gasteiger partial charge is 0.251 e. The number of ether oxygens (including phenoxy) is 1. The first-order valence-electron chi connectivity index (χ1n) is 8.36. The summed E-state index contributed by atoms with van der Waals surface area (Å²) in [6.07, 6.45) is 1.56. The highest BCUT2D eigenvalue weighted by Crippen LogP contribution is 2.22. The van der Waals surface area contributed by atoms with Crippen LogP contribution in [0.15, 0.2) is 48.7 Å². The maximum absolute atomic E-state index is 12.3. The fourth-order valence-electron chi connectivity index (χ4n) is 2.53. The molecule has 0 spiro atoms. The van der Waals surface area contributed by atoms with Crippen LogP contribution in [0.5, 0.6) is 5.75 Å². The molecule has 0 saturated carbocycles.